The molecule has 7 nitrogen and oxygen atoms in total. The van der Waals surface area contributed by atoms with Crippen LogP contribution in [0.3, 0.4) is 0 Å². The summed E-state index contributed by atoms with van der Waals surface area (Å²) in [7, 11) is 0. The molecule has 0 aliphatic rings. The molecular formula is C16H8Cl2N2O5. The smallest absolute Gasteiger partial charge is 0.339 e. The molecule has 2 aromatic carbocycles. The summed E-state index contributed by atoms with van der Waals surface area (Å²) in [6.07, 6.45) is 0. The standard InChI is InChI=1S/C16H8Cl2N2O5/c17-8-4-5-9(11(18)6-8)12-7-14(21)25-16(19-12)10-2-1-3-13(15(10)22)20(23)24/h1-7,22H. The molecule has 0 unspecified atom stereocenters. The van der Waals surface area contributed by atoms with Crippen molar-refractivity contribution in [1.82, 2.24) is 4.98 Å². The van der Waals surface area contributed by atoms with Gasteiger partial charge in [0.2, 0.25) is 11.6 Å². The normalized spacial score (nSPS) is 10.6. The Kier molecular flexibility index (Phi) is 4.43. The molecule has 0 aliphatic carbocycles. The molecule has 0 saturated heterocycles. The molecule has 1 heterocycles. The zero-order valence-electron chi connectivity index (χ0n) is 12.3. The van der Waals surface area contributed by atoms with Crippen molar-refractivity contribution in [2.75, 3.05) is 0 Å². The summed E-state index contributed by atoms with van der Waals surface area (Å²) in [6.45, 7) is 0. The molecule has 3 aromatic rings. The maximum absolute atomic E-state index is 11.9. The van der Waals surface area contributed by atoms with E-state index in [4.69, 9.17) is 27.6 Å². The van der Waals surface area contributed by atoms with Gasteiger partial charge in [-0.2, -0.15) is 0 Å². The van der Waals surface area contributed by atoms with Crippen LogP contribution in [0.25, 0.3) is 22.7 Å². The van der Waals surface area contributed by atoms with E-state index in [9.17, 15) is 20.0 Å². The number of nitrogens with zero attached hydrogens (tertiary/aromatic N) is 2. The molecule has 0 spiro atoms. The van der Waals surface area contributed by atoms with Gasteiger partial charge in [0.1, 0.15) is 0 Å². The lowest BCUT2D eigenvalue weighted by Gasteiger charge is -2.07. The van der Waals surface area contributed by atoms with E-state index in [1.165, 1.54) is 18.2 Å². The fourth-order valence-corrected chi connectivity index (χ4v) is 2.71. The van der Waals surface area contributed by atoms with Gasteiger partial charge in [0.05, 0.1) is 27.3 Å². The number of hydrogen-bond acceptors (Lipinski definition) is 6. The first kappa shape index (κ1) is 16.9. The molecule has 0 radical (unpaired) electrons. The summed E-state index contributed by atoms with van der Waals surface area (Å²) < 4.78 is 4.99. The minimum atomic E-state index is -0.753. The zero-order valence-corrected chi connectivity index (χ0v) is 13.8. The zero-order chi connectivity index (χ0) is 18.1. The summed E-state index contributed by atoms with van der Waals surface area (Å²) in [4.78, 5) is 26.2. The van der Waals surface area contributed by atoms with E-state index in [0.29, 0.717) is 10.6 Å². The number of halogens is 2. The van der Waals surface area contributed by atoms with Crippen LogP contribution in [-0.4, -0.2) is 15.0 Å². The van der Waals surface area contributed by atoms with Crippen LogP contribution in [0.4, 0.5) is 5.69 Å². The first-order valence-corrected chi connectivity index (χ1v) is 7.57. The van der Waals surface area contributed by atoms with Gasteiger partial charge in [-0.1, -0.05) is 29.3 Å². The molecule has 126 valence electrons. The van der Waals surface area contributed by atoms with Crippen LogP contribution in [0.5, 0.6) is 5.75 Å². The SMILES string of the molecule is O=c1cc(-c2ccc(Cl)cc2Cl)nc(-c2cccc([N+](=O)[O-])c2O)o1. The second-order valence-electron chi connectivity index (χ2n) is 4.92. The first-order valence-electron chi connectivity index (χ1n) is 6.81. The quantitative estimate of drug-likeness (QED) is 0.538. The Morgan fingerprint density at radius 3 is 2.56 bits per heavy atom. The Balaban J connectivity index is 2.20. The van der Waals surface area contributed by atoms with Crippen molar-refractivity contribution in [1.29, 1.82) is 0 Å². The topological polar surface area (TPSA) is 106 Å². The number of aromatic hydroxyl groups is 1. The first-order chi connectivity index (χ1) is 11.9. The van der Waals surface area contributed by atoms with Gasteiger partial charge >= 0.3 is 11.3 Å². The van der Waals surface area contributed by atoms with Crippen LogP contribution in [0, 0.1) is 10.1 Å². The van der Waals surface area contributed by atoms with Crippen molar-refractivity contribution < 1.29 is 14.4 Å². The van der Waals surface area contributed by atoms with E-state index in [1.54, 1.807) is 12.1 Å². The van der Waals surface area contributed by atoms with Gasteiger partial charge < -0.3 is 9.52 Å². The minimum Gasteiger partial charge on any atom is -0.502 e. The molecule has 1 aromatic heterocycles. The van der Waals surface area contributed by atoms with Crippen LogP contribution >= 0.6 is 23.2 Å². The molecule has 1 N–H and O–H groups in total. The molecule has 9 heteroatoms. The van der Waals surface area contributed by atoms with Gasteiger partial charge in [0, 0.05) is 16.7 Å². The van der Waals surface area contributed by atoms with Gasteiger partial charge in [-0.25, -0.2) is 9.78 Å². The molecule has 0 saturated carbocycles. The highest BCUT2D eigenvalue weighted by Gasteiger charge is 2.21. The highest BCUT2D eigenvalue weighted by atomic mass is 35.5. The van der Waals surface area contributed by atoms with Crippen molar-refractivity contribution in [2.45, 2.75) is 0 Å². The maximum Gasteiger partial charge on any atom is 0.339 e. The summed E-state index contributed by atoms with van der Waals surface area (Å²) in [5.41, 5.74) is -0.768. The van der Waals surface area contributed by atoms with Crippen LogP contribution in [0.15, 0.2) is 51.7 Å². The molecule has 25 heavy (non-hydrogen) atoms. The number of benzene rings is 2. The molecule has 0 fully saturated rings. The number of phenols is 1. The van der Waals surface area contributed by atoms with Crippen molar-refractivity contribution in [3.63, 3.8) is 0 Å². The van der Waals surface area contributed by atoms with Crippen LogP contribution in [-0.2, 0) is 0 Å². The number of para-hydroxylation sites is 1. The van der Waals surface area contributed by atoms with Crippen LogP contribution in [0.2, 0.25) is 10.0 Å². The Morgan fingerprint density at radius 2 is 1.88 bits per heavy atom. The second-order valence-corrected chi connectivity index (χ2v) is 5.77. The third kappa shape index (κ3) is 3.33. The number of rotatable bonds is 3. The maximum atomic E-state index is 11.9. The number of hydrogen-bond donors (Lipinski definition) is 1. The van der Waals surface area contributed by atoms with Crippen molar-refractivity contribution in [3.05, 3.63) is 73.0 Å². The van der Waals surface area contributed by atoms with Crippen LogP contribution < -0.4 is 5.63 Å². The molecule has 3 rings (SSSR count). The van der Waals surface area contributed by atoms with Gasteiger partial charge in [-0.15, -0.1) is 0 Å². The van der Waals surface area contributed by atoms with Gasteiger partial charge in [-0.3, -0.25) is 10.1 Å². The van der Waals surface area contributed by atoms with Gasteiger partial charge in [0.15, 0.2) is 0 Å². The number of aromatic nitrogens is 1. The Hall–Kier alpha value is -2.90. The van der Waals surface area contributed by atoms with Gasteiger partial charge in [0.25, 0.3) is 0 Å². The minimum absolute atomic E-state index is 0.0850. The molecule has 0 bridgehead atoms. The second kappa shape index (κ2) is 6.54. The fraction of sp³-hybridized carbons (Fsp3) is 0. The average molecular weight is 379 g/mol. The third-order valence-electron chi connectivity index (χ3n) is 3.32. The van der Waals surface area contributed by atoms with E-state index in [1.807, 2.05) is 0 Å². The largest absolute Gasteiger partial charge is 0.502 e. The Bertz CT molecular complexity index is 1050. The summed E-state index contributed by atoms with van der Waals surface area (Å²) in [5.74, 6) is -0.919. The third-order valence-corrected chi connectivity index (χ3v) is 3.87. The summed E-state index contributed by atoms with van der Waals surface area (Å²) in [6, 6.07) is 9.56. The number of nitro benzene ring substituents is 1. The van der Waals surface area contributed by atoms with Crippen molar-refractivity contribution in [3.8, 4) is 28.5 Å². The van der Waals surface area contributed by atoms with E-state index in [0.717, 1.165) is 12.1 Å². The summed E-state index contributed by atoms with van der Waals surface area (Å²) >= 11 is 12.0. The fourth-order valence-electron chi connectivity index (χ4n) is 2.20. The highest BCUT2D eigenvalue weighted by Crippen LogP contribution is 2.36. The van der Waals surface area contributed by atoms with Crippen LogP contribution in [0.1, 0.15) is 0 Å². The molecule has 0 atom stereocenters. The lowest BCUT2D eigenvalue weighted by atomic mass is 10.1. The predicted molar refractivity (Wildman–Crippen MR) is 92.0 cm³/mol. The monoisotopic (exact) mass is 378 g/mol. The van der Waals surface area contributed by atoms with Gasteiger partial charge in [-0.05, 0) is 24.3 Å². The number of nitro groups is 1. The lowest BCUT2D eigenvalue weighted by molar-refractivity contribution is -0.385. The van der Waals surface area contributed by atoms with E-state index in [-0.39, 0.29) is 22.2 Å². The predicted octanol–water partition coefficient (Wildman–Crippen LogP) is 4.29. The van der Waals surface area contributed by atoms with E-state index >= 15 is 0 Å². The van der Waals surface area contributed by atoms with E-state index in [2.05, 4.69) is 4.98 Å². The lowest BCUT2D eigenvalue weighted by Crippen LogP contribution is -2.02. The molecule has 0 amide bonds. The highest BCUT2D eigenvalue weighted by molar-refractivity contribution is 6.36. The Labute approximate surface area is 150 Å². The van der Waals surface area contributed by atoms with Crippen molar-refractivity contribution >= 4 is 28.9 Å². The van der Waals surface area contributed by atoms with Crippen molar-refractivity contribution in [2.24, 2.45) is 0 Å². The average Bonchev–Trinajstić information content (AvgIpc) is 2.54. The summed E-state index contributed by atoms with van der Waals surface area (Å²) in [5, 5.41) is 21.7. The van der Waals surface area contributed by atoms with E-state index < -0.39 is 22.0 Å². The Morgan fingerprint density at radius 1 is 1.12 bits per heavy atom. The molecule has 0 aliphatic heterocycles. The number of phenolic OH excluding ortho intramolecular Hbond substituents is 1. The molecular weight excluding hydrogens is 371 g/mol.